The van der Waals surface area contributed by atoms with Gasteiger partial charge in [-0.2, -0.15) is 0 Å². The van der Waals surface area contributed by atoms with Gasteiger partial charge in [0.05, 0.1) is 12.7 Å². The number of hydrogen-bond donors (Lipinski definition) is 1. The predicted octanol–water partition coefficient (Wildman–Crippen LogP) is 2.58. The second-order valence-corrected chi connectivity index (χ2v) is 7.28. The molecular formula is C22H36N2O4. The number of likely N-dealkylation sites (N-methyl/N-ethyl adjacent to an activating group) is 1. The van der Waals surface area contributed by atoms with Crippen molar-refractivity contribution in [2.24, 2.45) is 5.92 Å². The number of ether oxygens (including phenoxy) is 2. The maximum absolute atomic E-state index is 12.2. The lowest BCUT2D eigenvalue weighted by molar-refractivity contribution is -0.132. The third-order valence-electron chi connectivity index (χ3n) is 5.50. The summed E-state index contributed by atoms with van der Waals surface area (Å²) in [5, 5.41) is 10.4. The molecule has 1 heterocycles. The van der Waals surface area contributed by atoms with Crippen LogP contribution in [0.2, 0.25) is 0 Å². The molecule has 1 amide bonds. The van der Waals surface area contributed by atoms with Crippen molar-refractivity contribution in [3.8, 4) is 11.5 Å². The topological polar surface area (TPSA) is 62.2 Å². The van der Waals surface area contributed by atoms with Crippen LogP contribution in [-0.2, 0) is 11.2 Å². The summed E-state index contributed by atoms with van der Waals surface area (Å²) in [6, 6.07) is 5.87. The molecule has 1 aliphatic heterocycles. The van der Waals surface area contributed by atoms with Gasteiger partial charge in [-0.1, -0.05) is 13.0 Å². The Kier molecular flexibility index (Phi) is 9.06. The van der Waals surface area contributed by atoms with Crippen LogP contribution in [0.4, 0.5) is 0 Å². The van der Waals surface area contributed by atoms with Crippen LogP contribution in [0.1, 0.15) is 39.7 Å². The Labute approximate surface area is 169 Å². The molecule has 6 nitrogen and oxygen atoms in total. The average Bonchev–Trinajstić information content (AvgIpc) is 2.70. The second kappa shape index (κ2) is 11.3. The molecule has 2 rings (SSSR count). The lowest BCUT2D eigenvalue weighted by atomic mass is 9.88. The SMILES string of the molecule is CCOc1cc(CC2CN(CC)CCC2O)ccc1OCC(=O)N(CC)CC. The maximum atomic E-state index is 12.2. The van der Waals surface area contributed by atoms with Crippen LogP contribution in [0.15, 0.2) is 18.2 Å². The Morgan fingerprint density at radius 2 is 1.93 bits per heavy atom. The normalized spacial score (nSPS) is 20.0. The predicted molar refractivity (Wildman–Crippen MR) is 111 cm³/mol. The van der Waals surface area contributed by atoms with Crippen molar-refractivity contribution in [1.29, 1.82) is 0 Å². The molecule has 2 atom stereocenters. The highest BCUT2D eigenvalue weighted by atomic mass is 16.5. The van der Waals surface area contributed by atoms with Gasteiger partial charge in [-0.05, 0) is 57.9 Å². The molecule has 0 radical (unpaired) electrons. The summed E-state index contributed by atoms with van der Waals surface area (Å²) >= 11 is 0. The van der Waals surface area contributed by atoms with Crippen LogP contribution in [0, 0.1) is 5.92 Å². The first kappa shape index (κ1) is 22.5. The summed E-state index contributed by atoms with van der Waals surface area (Å²) < 4.78 is 11.5. The molecule has 1 aliphatic rings. The third kappa shape index (κ3) is 6.11. The first-order chi connectivity index (χ1) is 13.5. The summed E-state index contributed by atoms with van der Waals surface area (Å²) in [6.07, 6.45) is 1.36. The first-order valence-electron chi connectivity index (χ1n) is 10.6. The molecule has 2 unspecified atom stereocenters. The van der Waals surface area contributed by atoms with Gasteiger partial charge < -0.3 is 24.4 Å². The largest absolute Gasteiger partial charge is 0.490 e. The Morgan fingerprint density at radius 1 is 1.18 bits per heavy atom. The number of piperidine rings is 1. The highest BCUT2D eigenvalue weighted by Gasteiger charge is 2.27. The molecule has 0 bridgehead atoms. The van der Waals surface area contributed by atoms with E-state index in [9.17, 15) is 9.90 Å². The van der Waals surface area contributed by atoms with Crippen molar-refractivity contribution < 1.29 is 19.4 Å². The Hall–Kier alpha value is -1.79. The number of aliphatic hydroxyl groups is 1. The van der Waals surface area contributed by atoms with Gasteiger partial charge in [0.2, 0.25) is 0 Å². The highest BCUT2D eigenvalue weighted by Crippen LogP contribution is 2.31. The van der Waals surface area contributed by atoms with E-state index in [0.717, 1.165) is 38.0 Å². The number of carbonyl (C=O) groups excluding carboxylic acids is 1. The minimum Gasteiger partial charge on any atom is -0.490 e. The van der Waals surface area contributed by atoms with Gasteiger partial charge in [-0.15, -0.1) is 0 Å². The Balaban J connectivity index is 2.06. The number of hydrogen-bond acceptors (Lipinski definition) is 5. The van der Waals surface area contributed by atoms with E-state index in [1.54, 1.807) is 4.90 Å². The fourth-order valence-electron chi connectivity index (χ4n) is 3.76. The minimum atomic E-state index is -0.263. The zero-order valence-electron chi connectivity index (χ0n) is 17.8. The molecular weight excluding hydrogens is 356 g/mol. The van der Waals surface area contributed by atoms with Crippen LogP contribution in [0.5, 0.6) is 11.5 Å². The molecule has 1 N–H and O–H groups in total. The second-order valence-electron chi connectivity index (χ2n) is 7.28. The smallest absolute Gasteiger partial charge is 0.260 e. The van der Waals surface area contributed by atoms with E-state index in [0.29, 0.717) is 31.2 Å². The van der Waals surface area contributed by atoms with E-state index in [1.807, 2.05) is 39.0 Å². The fraction of sp³-hybridized carbons (Fsp3) is 0.682. The van der Waals surface area contributed by atoms with Crippen molar-refractivity contribution in [3.05, 3.63) is 23.8 Å². The van der Waals surface area contributed by atoms with E-state index in [4.69, 9.17) is 9.47 Å². The molecule has 1 saturated heterocycles. The first-order valence-corrected chi connectivity index (χ1v) is 10.6. The van der Waals surface area contributed by atoms with E-state index < -0.39 is 0 Å². The highest BCUT2D eigenvalue weighted by molar-refractivity contribution is 5.77. The molecule has 1 aromatic rings. The lowest BCUT2D eigenvalue weighted by Crippen LogP contribution is -2.43. The number of aliphatic hydroxyl groups excluding tert-OH is 1. The molecule has 28 heavy (non-hydrogen) atoms. The van der Waals surface area contributed by atoms with Crippen LogP contribution in [0.3, 0.4) is 0 Å². The molecule has 1 aromatic carbocycles. The standard InChI is InChI=1S/C22H36N2O4/c1-5-23-12-11-19(25)18(15-23)13-17-9-10-20(21(14-17)27-8-4)28-16-22(26)24(6-2)7-3/h9-10,14,18-19,25H,5-8,11-13,15-16H2,1-4H3. The summed E-state index contributed by atoms with van der Waals surface area (Å²) in [5.41, 5.74) is 1.12. The van der Waals surface area contributed by atoms with Gasteiger partial charge >= 0.3 is 0 Å². The summed E-state index contributed by atoms with van der Waals surface area (Å²) in [4.78, 5) is 16.3. The lowest BCUT2D eigenvalue weighted by Gasteiger charge is -2.35. The quantitative estimate of drug-likeness (QED) is 0.663. The van der Waals surface area contributed by atoms with Gasteiger partial charge in [0.15, 0.2) is 18.1 Å². The van der Waals surface area contributed by atoms with Crippen molar-refractivity contribution in [3.63, 3.8) is 0 Å². The van der Waals surface area contributed by atoms with Crippen LogP contribution in [0.25, 0.3) is 0 Å². The van der Waals surface area contributed by atoms with Crippen LogP contribution < -0.4 is 9.47 Å². The van der Waals surface area contributed by atoms with E-state index in [-0.39, 0.29) is 24.5 Å². The number of amides is 1. The third-order valence-corrected chi connectivity index (χ3v) is 5.50. The summed E-state index contributed by atoms with van der Waals surface area (Å²) in [5.74, 6) is 1.44. The van der Waals surface area contributed by atoms with Gasteiger partial charge in [0.1, 0.15) is 0 Å². The summed E-state index contributed by atoms with van der Waals surface area (Å²) in [6.45, 7) is 12.8. The van der Waals surface area contributed by atoms with E-state index in [1.165, 1.54) is 0 Å². The van der Waals surface area contributed by atoms with Crippen molar-refractivity contribution in [1.82, 2.24) is 9.80 Å². The Bertz CT molecular complexity index is 619. The van der Waals surface area contributed by atoms with Gasteiger partial charge in [-0.25, -0.2) is 0 Å². The number of nitrogens with zero attached hydrogens (tertiary/aromatic N) is 2. The fourth-order valence-corrected chi connectivity index (χ4v) is 3.76. The van der Waals surface area contributed by atoms with E-state index in [2.05, 4.69) is 11.8 Å². The van der Waals surface area contributed by atoms with Crippen LogP contribution >= 0.6 is 0 Å². The monoisotopic (exact) mass is 392 g/mol. The zero-order chi connectivity index (χ0) is 20.5. The number of rotatable bonds is 10. The molecule has 0 aromatic heterocycles. The van der Waals surface area contributed by atoms with E-state index >= 15 is 0 Å². The van der Waals surface area contributed by atoms with Crippen molar-refractivity contribution >= 4 is 5.91 Å². The number of likely N-dealkylation sites (tertiary alicyclic amines) is 1. The maximum Gasteiger partial charge on any atom is 0.260 e. The summed E-state index contributed by atoms with van der Waals surface area (Å²) in [7, 11) is 0. The molecule has 0 aliphatic carbocycles. The van der Waals surface area contributed by atoms with Crippen molar-refractivity contribution in [2.75, 3.05) is 45.9 Å². The van der Waals surface area contributed by atoms with Gasteiger partial charge in [0, 0.05) is 32.1 Å². The van der Waals surface area contributed by atoms with Gasteiger partial charge in [-0.3, -0.25) is 4.79 Å². The number of benzene rings is 1. The molecule has 0 saturated carbocycles. The zero-order valence-corrected chi connectivity index (χ0v) is 17.8. The van der Waals surface area contributed by atoms with Crippen molar-refractivity contribution in [2.45, 2.75) is 46.6 Å². The van der Waals surface area contributed by atoms with Crippen LogP contribution in [-0.4, -0.2) is 72.9 Å². The molecule has 6 heteroatoms. The average molecular weight is 393 g/mol. The number of carbonyl (C=O) groups is 1. The molecule has 0 spiro atoms. The van der Waals surface area contributed by atoms with Gasteiger partial charge in [0.25, 0.3) is 5.91 Å². The minimum absolute atomic E-state index is 0.00784. The molecule has 158 valence electrons. The Morgan fingerprint density at radius 3 is 2.57 bits per heavy atom. The molecule has 1 fully saturated rings.